The quantitative estimate of drug-likeness (QED) is 0.848. The Kier molecular flexibility index (Phi) is 5.59. The van der Waals surface area contributed by atoms with Gasteiger partial charge in [-0.2, -0.15) is 17.0 Å². The molecule has 27 heavy (non-hydrogen) atoms. The fourth-order valence-electron chi connectivity index (χ4n) is 3.28. The van der Waals surface area contributed by atoms with Gasteiger partial charge in [-0.1, -0.05) is 12.1 Å². The number of aromatic carboxylic acids is 1. The SMILES string of the molecule is CN(C)S(=O)(=O)N1CCC[C@H](c2cc(-c3ccc(C(=O)O)cc3)ccn2)C1. The van der Waals surface area contributed by atoms with E-state index in [0.717, 1.165) is 29.7 Å². The topological polar surface area (TPSA) is 90.8 Å². The average molecular weight is 389 g/mol. The first-order valence-electron chi connectivity index (χ1n) is 8.76. The number of pyridine rings is 1. The summed E-state index contributed by atoms with van der Waals surface area (Å²) in [7, 11) is -0.352. The highest BCUT2D eigenvalue weighted by Crippen LogP contribution is 2.30. The summed E-state index contributed by atoms with van der Waals surface area (Å²) in [5, 5.41) is 9.02. The summed E-state index contributed by atoms with van der Waals surface area (Å²) in [5.41, 5.74) is 2.93. The van der Waals surface area contributed by atoms with Crippen LogP contribution in [-0.2, 0) is 10.2 Å². The molecule has 0 radical (unpaired) electrons. The molecule has 8 heteroatoms. The first-order valence-corrected chi connectivity index (χ1v) is 10.2. The van der Waals surface area contributed by atoms with Crippen LogP contribution in [0.3, 0.4) is 0 Å². The van der Waals surface area contributed by atoms with Crippen LogP contribution >= 0.6 is 0 Å². The van der Waals surface area contributed by atoms with Gasteiger partial charge in [-0.3, -0.25) is 4.98 Å². The van der Waals surface area contributed by atoms with Gasteiger partial charge in [-0.05, 0) is 48.2 Å². The van der Waals surface area contributed by atoms with Crippen molar-refractivity contribution in [2.24, 2.45) is 0 Å². The van der Waals surface area contributed by atoms with E-state index in [1.54, 1.807) is 44.6 Å². The molecule has 0 spiro atoms. The number of carboxylic acids is 1. The van der Waals surface area contributed by atoms with Crippen LogP contribution in [0.2, 0.25) is 0 Å². The van der Waals surface area contributed by atoms with E-state index in [1.807, 2.05) is 12.1 Å². The second kappa shape index (κ2) is 7.75. The minimum absolute atomic E-state index is 0.0340. The molecule has 0 unspecified atom stereocenters. The zero-order valence-corrected chi connectivity index (χ0v) is 16.2. The second-order valence-electron chi connectivity index (χ2n) is 6.84. The summed E-state index contributed by atoms with van der Waals surface area (Å²) in [5.74, 6) is -0.923. The normalized spacial score (nSPS) is 18.6. The van der Waals surface area contributed by atoms with Crippen molar-refractivity contribution in [3.8, 4) is 11.1 Å². The zero-order chi connectivity index (χ0) is 19.6. The van der Waals surface area contributed by atoms with Crippen LogP contribution in [0.1, 0.15) is 34.8 Å². The van der Waals surface area contributed by atoms with Gasteiger partial charge in [0.15, 0.2) is 0 Å². The molecule has 3 rings (SSSR count). The lowest BCUT2D eigenvalue weighted by Gasteiger charge is -2.33. The number of hydrogen-bond acceptors (Lipinski definition) is 4. The molecular formula is C19H23N3O4S. The Morgan fingerprint density at radius 1 is 1.19 bits per heavy atom. The van der Waals surface area contributed by atoms with Crippen molar-refractivity contribution >= 4 is 16.2 Å². The van der Waals surface area contributed by atoms with Crippen molar-refractivity contribution in [2.75, 3.05) is 27.2 Å². The van der Waals surface area contributed by atoms with Gasteiger partial charge in [0, 0.05) is 45.0 Å². The predicted molar refractivity (Wildman–Crippen MR) is 103 cm³/mol. The van der Waals surface area contributed by atoms with Gasteiger partial charge in [-0.25, -0.2) is 4.79 Å². The Morgan fingerprint density at radius 2 is 1.89 bits per heavy atom. The zero-order valence-electron chi connectivity index (χ0n) is 15.4. The molecule has 2 heterocycles. The Bertz CT molecular complexity index is 926. The summed E-state index contributed by atoms with van der Waals surface area (Å²) in [6, 6.07) is 10.5. The van der Waals surface area contributed by atoms with Crippen molar-refractivity contribution in [2.45, 2.75) is 18.8 Å². The molecule has 1 saturated heterocycles. The maximum atomic E-state index is 12.4. The molecule has 1 atom stereocenters. The summed E-state index contributed by atoms with van der Waals surface area (Å²) in [6.45, 7) is 0.933. The number of aromatic nitrogens is 1. The van der Waals surface area contributed by atoms with Gasteiger partial charge >= 0.3 is 5.97 Å². The minimum atomic E-state index is -3.43. The monoisotopic (exact) mass is 389 g/mol. The molecule has 1 N–H and O–H groups in total. The molecule has 1 aromatic carbocycles. The molecule has 0 amide bonds. The van der Waals surface area contributed by atoms with Crippen molar-refractivity contribution in [3.63, 3.8) is 0 Å². The molecule has 1 aliphatic heterocycles. The average Bonchev–Trinajstić information content (AvgIpc) is 2.68. The van der Waals surface area contributed by atoms with E-state index >= 15 is 0 Å². The minimum Gasteiger partial charge on any atom is -0.478 e. The van der Waals surface area contributed by atoms with Gasteiger partial charge in [0.05, 0.1) is 5.56 Å². The smallest absolute Gasteiger partial charge is 0.335 e. The van der Waals surface area contributed by atoms with Crippen molar-refractivity contribution < 1.29 is 18.3 Å². The predicted octanol–water partition coefficient (Wildman–Crippen LogP) is 2.43. The van der Waals surface area contributed by atoms with Crippen LogP contribution in [0.4, 0.5) is 0 Å². The lowest BCUT2D eigenvalue weighted by Crippen LogP contribution is -2.45. The van der Waals surface area contributed by atoms with Crippen LogP contribution in [0, 0.1) is 0 Å². The lowest BCUT2D eigenvalue weighted by atomic mass is 9.93. The van der Waals surface area contributed by atoms with E-state index in [9.17, 15) is 13.2 Å². The second-order valence-corrected chi connectivity index (χ2v) is 8.98. The Balaban J connectivity index is 1.84. The maximum absolute atomic E-state index is 12.4. The highest BCUT2D eigenvalue weighted by atomic mass is 32.2. The van der Waals surface area contributed by atoms with Crippen molar-refractivity contribution in [3.05, 3.63) is 53.9 Å². The number of piperidine rings is 1. The fourth-order valence-corrected chi connectivity index (χ4v) is 4.47. The number of nitrogens with zero attached hydrogens (tertiary/aromatic N) is 3. The molecule has 0 aliphatic carbocycles. The van der Waals surface area contributed by atoms with E-state index in [-0.39, 0.29) is 11.5 Å². The first-order chi connectivity index (χ1) is 12.8. The van der Waals surface area contributed by atoms with Crippen LogP contribution < -0.4 is 0 Å². The van der Waals surface area contributed by atoms with Crippen LogP contribution in [0.25, 0.3) is 11.1 Å². The van der Waals surface area contributed by atoms with Crippen LogP contribution in [0.5, 0.6) is 0 Å². The van der Waals surface area contributed by atoms with E-state index in [2.05, 4.69) is 4.98 Å². The highest BCUT2D eigenvalue weighted by molar-refractivity contribution is 7.86. The Hall–Kier alpha value is -2.29. The summed E-state index contributed by atoms with van der Waals surface area (Å²) >= 11 is 0. The number of carboxylic acid groups (broad SMARTS) is 1. The van der Waals surface area contributed by atoms with Crippen LogP contribution in [0.15, 0.2) is 42.6 Å². The van der Waals surface area contributed by atoms with Crippen LogP contribution in [-0.4, -0.2) is 60.3 Å². The molecular weight excluding hydrogens is 366 g/mol. The standard InChI is InChI=1S/C19H23N3O4S/c1-21(2)27(25,26)22-11-3-4-17(13-22)18-12-16(9-10-20-18)14-5-7-15(8-6-14)19(23)24/h5-10,12,17H,3-4,11,13H2,1-2H3,(H,23,24)/t17-/m0/s1. The third-order valence-electron chi connectivity index (χ3n) is 4.84. The van der Waals surface area contributed by atoms with Crippen molar-refractivity contribution in [1.29, 1.82) is 0 Å². The molecule has 0 saturated carbocycles. The maximum Gasteiger partial charge on any atom is 0.335 e. The Labute approximate surface area is 159 Å². The number of carbonyl (C=O) groups is 1. The molecule has 144 valence electrons. The molecule has 1 aromatic heterocycles. The van der Waals surface area contributed by atoms with E-state index in [4.69, 9.17) is 5.11 Å². The summed E-state index contributed by atoms with van der Waals surface area (Å²) in [6.07, 6.45) is 3.39. The summed E-state index contributed by atoms with van der Waals surface area (Å²) in [4.78, 5) is 15.5. The summed E-state index contributed by atoms with van der Waals surface area (Å²) < 4.78 is 27.6. The van der Waals surface area contributed by atoms with E-state index in [0.29, 0.717) is 13.1 Å². The molecule has 2 aromatic rings. The van der Waals surface area contributed by atoms with Gasteiger partial charge < -0.3 is 5.11 Å². The third kappa shape index (κ3) is 4.18. The largest absolute Gasteiger partial charge is 0.478 e. The van der Waals surface area contributed by atoms with Gasteiger partial charge in [-0.15, -0.1) is 0 Å². The fraction of sp³-hybridized carbons (Fsp3) is 0.368. The molecule has 1 fully saturated rings. The molecule has 0 bridgehead atoms. The van der Waals surface area contributed by atoms with E-state index in [1.165, 1.54) is 8.61 Å². The van der Waals surface area contributed by atoms with Gasteiger partial charge in [0.25, 0.3) is 10.2 Å². The van der Waals surface area contributed by atoms with Gasteiger partial charge in [0.2, 0.25) is 0 Å². The van der Waals surface area contributed by atoms with Crippen molar-refractivity contribution in [1.82, 2.24) is 13.6 Å². The lowest BCUT2D eigenvalue weighted by molar-refractivity contribution is 0.0697. The van der Waals surface area contributed by atoms with Gasteiger partial charge in [0.1, 0.15) is 0 Å². The number of benzene rings is 1. The Morgan fingerprint density at radius 3 is 2.52 bits per heavy atom. The molecule has 7 nitrogen and oxygen atoms in total. The third-order valence-corrected chi connectivity index (χ3v) is 6.74. The number of rotatable bonds is 5. The highest BCUT2D eigenvalue weighted by Gasteiger charge is 2.31. The first kappa shape index (κ1) is 19.5. The van der Waals surface area contributed by atoms with E-state index < -0.39 is 16.2 Å². The number of hydrogen-bond donors (Lipinski definition) is 1. The molecule has 1 aliphatic rings.